The van der Waals surface area contributed by atoms with Gasteiger partial charge < -0.3 is 5.32 Å². The molecule has 7 heteroatoms. The molecule has 106 valence electrons. The van der Waals surface area contributed by atoms with E-state index in [1.165, 1.54) is 12.1 Å². The molecular weight excluding hydrogens is 288 g/mol. The first-order chi connectivity index (χ1) is 10.2. The number of anilines is 1. The summed E-state index contributed by atoms with van der Waals surface area (Å²) >= 11 is 1.58. The van der Waals surface area contributed by atoms with Gasteiger partial charge in [0.1, 0.15) is 17.0 Å². The van der Waals surface area contributed by atoms with Gasteiger partial charge >= 0.3 is 0 Å². The van der Waals surface area contributed by atoms with Crippen LogP contribution in [0.2, 0.25) is 0 Å². The van der Waals surface area contributed by atoms with Crippen molar-refractivity contribution in [1.29, 1.82) is 0 Å². The van der Waals surface area contributed by atoms with Crippen LogP contribution < -0.4 is 5.32 Å². The highest BCUT2D eigenvalue weighted by Gasteiger charge is 2.05. The Bertz CT molecular complexity index is 770. The van der Waals surface area contributed by atoms with Gasteiger partial charge in [-0.1, -0.05) is 12.1 Å². The summed E-state index contributed by atoms with van der Waals surface area (Å²) in [4.78, 5) is 19.6. The molecule has 2 heterocycles. The number of nitro benzene ring substituents is 1. The van der Waals surface area contributed by atoms with Gasteiger partial charge in [-0.2, -0.15) is 0 Å². The lowest BCUT2D eigenvalue weighted by Crippen LogP contribution is -2.06. The second kappa shape index (κ2) is 5.84. The number of hydrogen-bond acceptors (Lipinski definition) is 6. The number of nitrogens with one attached hydrogen (secondary N) is 1. The number of rotatable bonds is 5. The van der Waals surface area contributed by atoms with Crippen molar-refractivity contribution in [2.24, 2.45) is 0 Å². The molecule has 0 spiro atoms. The third kappa shape index (κ3) is 2.97. The van der Waals surface area contributed by atoms with E-state index in [-0.39, 0.29) is 5.69 Å². The van der Waals surface area contributed by atoms with Gasteiger partial charge in [0.15, 0.2) is 0 Å². The van der Waals surface area contributed by atoms with Gasteiger partial charge in [-0.05, 0) is 23.4 Å². The Kier molecular flexibility index (Phi) is 3.74. The average molecular weight is 300 g/mol. The number of thiophene rings is 1. The minimum Gasteiger partial charge on any atom is -0.369 e. The Morgan fingerprint density at radius 1 is 1.19 bits per heavy atom. The molecule has 0 fully saturated rings. The fourth-order valence-electron chi connectivity index (χ4n) is 2.04. The van der Waals surface area contributed by atoms with E-state index in [0.29, 0.717) is 6.54 Å². The van der Waals surface area contributed by atoms with Crippen molar-refractivity contribution in [3.8, 4) is 0 Å². The molecule has 0 bridgehead atoms. The molecule has 1 aromatic carbocycles. The molecule has 0 unspecified atom stereocenters. The van der Waals surface area contributed by atoms with Crippen LogP contribution >= 0.6 is 11.3 Å². The maximum Gasteiger partial charge on any atom is 0.269 e. The first-order valence-electron chi connectivity index (χ1n) is 6.39. The molecule has 0 radical (unpaired) electrons. The van der Waals surface area contributed by atoms with Crippen LogP contribution in [0.4, 0.5) is 11.5 Å². The lowest BCUT2D eigenvalue weighted by molar-refractivity contribution is -0.384. The van der Waals surface area contributed by atoms with Crippen molar-refractivity contribution in [2.45, 2.75) is 6.42 Å². The van der Waals surface area contributed by atoms with E-state index < -0.39 is 4.92 Å². The van der Waals surface area contributed by atoms with Crippen molar-refractivity contribution >= 4 is 33.1 Å². The third-order valence-electron chi connectivity index (χ3n) is 3.12. The van der Waals surface area contributed by atoms with Crippen molar-refractivity contribution in [2.75, 3.05) is 11.9 Å². The van der Waals surface area contributed by atoms with Crippen LogP contribution in [-0.2, 0) is 6.42 Å². The van der Waals surface area contributed by atoms with E-state index in [1.54, 1.807) is 29.8 Å². The largest absolute Gasteiger partial charge is 0.369 e. The monoisotopic (exact) mass is 300 g/mol. The zero-order chi connectivity index (χ0) is 14.7. The van der Waals surface area contributed by atoms with Gasteiger partial charge in [0.2, 0.25) is 0 Å². The van der Waals surface area contributed by atoms with Gasteiger partial charge in [-0.15, -0.1) is 11.3 Å². The van der Waals surface area contributed by atoms with Crippen LogP contribution in [0.5, 0.6) is 0 Å². The summed E-state index contributed by atoms with van der Waals surface area (Å²) in [5.41, 5.74) is 1.16. The minimum absolute atomic E-state index is 0.113. The predicted molar refractivity (Wildman–Crippen MR) is 82.7 cm³/mol. The molecule has 0 aliphatic heterocycles. The molecule has 21 heavy (non-hydrogen) atoms. The van der Waals surface area contributed by atoms with Gasteiger partial charge in [0, 0.05) is 18.7 Å². The van der Waals surface area contributed by atoms with Crippen LogP contribution in [0, 0.1) is 10.1 Å². The van der Waals surface area contributed by atoms with E-state index in [9.17, 15) is 10.1 Å². The minimum atomic E-state index is -0.393. The van der Waals surface area contributed by atoms with E-state index >= 15 is 0 Å². The quantitative estimate of drug-likeness (QED) is 0.578. The highest BCUT2D eigenvalue weighted by molar-refractivity contribution is 7.16. The Hall–Kier alpha value is -2.54. The highest BCUT2D eigenvalue weighted by Crippen LogP contribution is 2.23. The van der Waals surface area contributed by atoms with Gasteiger partial charge in [0.05, 0.1) is 10.3 Å². The molecule has 2 aromatic heterocycles. The van der Waals surface area contributed by atoms with Gasteiger partial charge in [-0.25, -0.2) is 9.97 Å². The molecule has 0 aliphatic rings. The van der Waals surface area contributed by atoms with Gasteiger partial charge in [-0.3, -0.25) is 10.1 Å². The Labute approximate surface area is 124 Å². The molecule has 0 saturated heterocycles. The summed E-state index contributed by atoms with van der Waals surface area (Å²) < 4.78 is 0. The maximum atomic E-state index is 10.6. The van der Waals surface area contributed by atoms with Crippen molar-refractivity contribution in [1.82, 2.24) is 9.97 Å². The highest BCUT2D eigenvalue weighted by atomic mass is 32.1. The topological polar surface area (TPSA) is 81.0 Å². The number of hydrogen-bond donors (Lipinski definition) is 1. The zero-order valence-electron chi connectivity index (χ0n) is 11.0. The second-order valence-electron chi connectivity index (χ2n) is 4.46. The Balaban J connectivity index is 1.63. The fraction of sp³-hybridized carbons (Fsp3) is 0.143. The van der Waals surface area contributed by atoms with Crippen molar-refractivity contribution in [3.63, 3.8) is 0 Å². The first-order valence-corrected chi connectivity index (χ1v) is 7.27. The number of benzene rings is 1. The van der Waals surface area contributed by atoms with E-state index in [2.05, 4.69) is 15.3 Å². The lowest BCUT2D eigenvalue weighted by atomic mass is 10.1. The number of aromatic nitrogens is 2. The van der Waals surface area contributed by atoms with E-state index in [0.717, 1.165) is 28.0 Å². The first kappa shape index (κ1) is 13.4. The predicted octanol–water partition coefficient (Wildman–Crippen LogP) is 3.25. The molecular formula is C14H12N4O2S. The molecule has 3 aromatic rings. The molecule has 0 saturated carbocycles. The van der Waals surface area contributed by atoms with Crippen molar-refractivity contribution in [3.05, 3.63) is 57.7 Å². The normalized spacial score (nSPS) is 10.7. The van der Waals surface area contributed by atoms with Crippen LogP contribution in [0.25, 0.3) is 10.2 Å². The molecule has 0 amide bonds. The summed E-state index contributed by atoms with van der Waals surface area (Å²) in [6.07, 6.45) is 2.32. The summed E-state index contributed by atoms with van der Waals surface area (Å²) in [6, 6.07) is 8.60. The number of nitrogens with zero attached hydrogens (tertiary/aromatic N) is 3. The third-order valence-corrected chi connectivity index (χ3v) is 3.94. The standard InChI is InChI=1S/C14H12N4O2S/c19-18(20)11-3-1-10(2-4-11)5-7-15-13-12-6-8-21-14(12)17-9-16-13/h1-4,6,8-9H,5,7H2,(H,15,16,17). The lowest BCUT2D eigenvalue weighted by Gasteiger charge is -2.06. The molecule has 0 atom stereocenters. The smallest absolute Gasteiger partial charge is 0.269 e. The summed E-state index contributed by atoms with van der Waals surface area (Å²) in [5.74, 6) is 0.822. The zero-order valence-corrected chi connectivity index (χ0v) is 11.8. The molecule has 0 aliphatic carbocycles. The Morgan fingerprint density at radius 2 is 2.00 bits per heavy atom. The summed E-state index contributed by atoms with van der Waals surface area (Å²) in [5, 5.41) is 16.9. The number of fused-ring (bicyclic) bond motifs is 1. The Morgan fingerprint density at radius 3 is 2.76 bits per heavy atom. The fourth-order valence-corrected chi connectivity index (χ4v) is 2.77. The summed E-state index contributed by atoms with van der Waals surface area (Å²) in [6.45, 7) is 0.708. The van der Waals surface area contributed by atoms with Gasteiger partial charge in [0.25, 0.3) is 5.69 Å². The van der Waals surface area contributed by atoms with Crippen LogP contribution in [0.3, 0.4) is 0 Å². The maximum absolute atomic E-state index is 10.6. The van der Waals surface area contributed by atoms with Crippen molar-refractivity contribution < 1.29 is 4.92 Å². The number of nitro groups is 1. The second-order valence-corrected chi connectivity index (χ2v) is 5.36. The van der Waals surface area contributed by atoms with Crippen LogP contribution in [0.1, 0.15) is 5.56 Å². The van der Waals surface area contributed by atoms with Crippen LogP contribution in [-0.4, -0.2) is 21.4 Å². The molecule has 3 rings (SSSR count). The average Bonchev–Trinajstić information content (AvgIpc) is 2.97. The molecule has 6 nitrogen and oxygen atoms in total. The van der Waals surface area contributed by atoms with E-state index in [4.69, 9.17) is 0 Å². The van der Waals surface area contributed by atoms with E-state index in [1.807, 2.05) is 11.4 Å². The van der Waals surface area contributed by atoms with Crippen LogP contribution in [0.15, 0.2) is 42.0 Å². The summed E-state index contributed by atoms with van der Waals surface area (Å²) in [7, 11) is 0. The number of non-ortho nitro benzene ring substituents is 1. The molecule has 1 N–H and O–H groups in total. The SMILES string of the molecule is O=[N+]([O-])c1ccc(CCNc2ncnc3sccc23)cc1.